The van der Waals surface area contributed by atoms with Gasteiger partial charge in [-0.05, 0) is 43.5 Å². The van der Waals surface area contributed by atoms with E-state index < -0.39 is 11.8 Å². The third kappa shape index (κ3) is 4.79. The summed E-state index contributed by atoms with van der Waals surface area (Å²) in [5, 5.41) is 0. The highest BCUT2D eigenvalue weighted by atomic mass is 19.1. The Morgan fingerprint density at radius 1 is 1.43 bits per heavy atom. The Hall–Kier alpha value is -2.93. The van der Waals surface area contributed by atoms with Gasteiger partial charge in [0.15, 0.2) is 0 Å². The van der Waals surface area contributed by atoms with Crippen LogP contribution >= 0.6 is 0 Å². The first kappa shape index (κ1) is 21.8. The van der Waals surface area contributed by atoms with Crippen molar-refractivity contribution in [1.29, 1.82) is 0 Å². The zero-order valence-corrected chi connectivity index (χ0v) is 17.5. The van der Waals surface area contributed by atoms with Gasteiger partial charge in [-0.25, -0.2) is 9.18 Å². The third-order valence-corrected chi connectivity index (χ3v) is 5.24. The summed E-state index contributed by atoms with van der Waals surface area (Å²) < 4.78 is 19.3. The molecule has 1 aliphatic rings. The largest absolute Gasteiger partial charge is 0.465 e. The predicted octanol–water partition coefficient (Wildman–Crippen LogP) is 2.88. The van der Waals surface area contributed by atoms with Crippen LogP contribution in [0.25, 0.3) is 11.6 Å². The highest BCUT2D eigenvalue weighted by Crippen LogP contribution is 2.31. The van der Waals surface area contributed by atoms with E-state index in [0.717, 1.165) is 29.9 Å². The number of nitrogen functional groups attached to an aromatic ring is 1. The smallest absolute Gasteiger partial charge is 0.338 e. The second kappa shape index (κ2) is 9.26. The van der Waals surface area contributed by atoms with E-state index in [1.807, 2.05) is 13.0 Å². The molecule has 0 aliphatic carbocycles. The van der Waals surface area contributed by atoms with Crippen LogP contribution in [0.2, 0.25) is 0 Å². The number of pyridine rings is 1. The lowest BCUT2D eigenvalue weighted by Crippen LogP contribution is -2.30. The fourth-order valence-corrected chi connectivity index (χ4v) is 3.71. The Kier molecular flexibility index (Phi) is 6.72. The van der Waals surface area contributed by atoms with Crippen molar-refractivity contribution in [3.05, 3.63) is 64.2 Å². The highest BCUT2D eigenvalue weighted by molar-refractivity contribution is 6.34. The highest BCUT2D eigenvalue weighted by Gasteiger charge is 2.20. The molecule has 0 saturated heterocycles. The number of halogens is 1. The van der Waals surface area contributed by atoms with Gasteiger partial charge in [0, 0.05) is 42.8 Å². The van der Waals surface area contributed by atoms with E-state index >= 15 is 0 Å². The van der Waals surface area contributed by atoms with Crippen LogP contribution in [-0.4, -0.2) is 50.4 Å². The number of aromatic nitrogens is 1. The summed E-state index contributed by atoms with van der Waals surface area (Å²) in [6.07, 6.45) is 6.43. The normalized spacial score (nSPS) is 15.1. The first-order chi connectivity index (χ1) is 14.3. The van der Waals surface area contributed by atoms with E-state index in [4.69, 9.17) is 13.6 Å². The second-order valence-corrected chi connectivity index (χ2v) is 7.52. The van der Waals surface area contributed by atoms with Crippen molar-refractivity contribution in [2.24, 2.45) is 0 Å². The number of rotatable bonds is 5. The molecule has 3 rings (SSSR count). The molecule has 1 aromatic carbocycles. The minimum absolute atomic E-state index is 0.111. The average molecular weight is 405 g/mol. The molecule has 1 aliphatic heterocycles. The SMILES string of the molecule is [B]c1ccnc(C)c1/C=C(\C)CN1CC=C(c2c(N)cc(C(=O)OC)cc2F)CC1. The monoisotopic (exact) mass is 405 g/mol. The molecular weight excluding hydrogens is 380 g/mol. The summed E-state index contributed by atoms with van der Waals surface area (Å²) in [6.45, 7) is 6.23. The number of nitrogens with two attached hydrogens (primary N) is 1. The fourth-order valence-electron chi connectivity index (χ4n) is 3.71. The van der Waals surface area contributed by atoms with Gasteiger partial charge in [-0.2, -0.15) is 0 Å². The van der Waals surface area contributed by atoms with Crippen molar-refractivity contribution in [2.45, 2.75) is 20.3 Å². The van der Waals surface area contributed by atoms with Gasteiger partial charge in [0.2, 0.25) is 0 Å². The second-order valence-electron chi connectivity index (χ2n) is 7.52. The van der Waals surface area contributed by atoms with Crippen molar-refractivity contribution in [3.63, 3.8) is 0 Å². The molecule has 7 heteroatoms. The fraction of sp³-hybridized carbons (Fsp3) is 0.304. The molecule has 0 spiro atoms. The van der Waals surface area contributed by atoms with E-state index in [1.54, 1.807) is 12.3 Å². The van der Waals surface area contributed by atoms with E-state index in [2.05, 4.69) is 27.6 Å². The molecule has 2 aromatic rings. The number of carbonyl (C=O) groups is 1. The van der Waals surface area contributed by atoms with Crippen LogP contribution in [-0.2, 0) is 4.74 Å². The van der Waals surface area contributed by atoms with Crippen LogP contribution in [0.15, 0.2) is 36.0 Å². The van der Waals surface area contributed by atoms with Crippen LogP contribution in [0.1, 0.15) is 40.5 Å². The van der Waals surface area contributed by atoms with Gasteiger partial charge in [-0.1, -0.05) is 29.3 Å². The van der Waals surface area contributed by atoms with Crippen LogP contribution in [0.3, 0.4) is 0 Å². The number of hydrogen-bond donors (Lipinski definition) is 1. The number of carbonyl (C=O) groups excluding carboxylic acids is 1. The van der Waals surface area contributed by atoms with Crippen molar-refractivity contribution >= 4 is 36.6 Å². The topological polar surface area (TPSA) is 68.5 Å². The van der Waals surface area contributed by atoms with Crippen LogP contribution < -0.4 is 11.2 Å². The molecule has 2 N–H and O–H groups in total. The third-order valence-electron chi connectivity index (χ3n) is 5.24. The van der Waals surface area contributed by atoms with E-state index in [0.29, 0.717) is 24.0 Å². The standard InChI is InChI=1S/C23H25BFN3O2/c1-14(10-18-15(2)27-7-4-19(18)24)13-28-8-5-16(6-9-28)22-20(25)11-17(12-21(22)26)23(29)30-3/h4-5,7,10-12H,6,8-9,13,26H2,1-3H3/b14-10+. The Morgan fingerprint density at radius 2 is 2.20 bits per heavy atom. The molecule has 30 heavy (non-hydrogen) atoms. The molecule has 154 valence electrons. The molecule has 1 aromatic heterocycles. The number of benzene rings is 1. The summed E-state index contributed by atoms with van der Waals surface area (Å²) >= 11 is 0. The molecule has 2 radical (unpaired) electrons. The maximum absolute atomic E-state index is 14.6. The van der Waals surface area contributed by atoms with E-state index in [1.165, 1.54) is 24.8 Å². The van der Waals surface area contributed by atoms with Crippen LogP contribution in [0.4, 0.5) is 10.1 Å². The Balaban J connectivity index is 1.73. The summed E-state index contributed by atoms with van der Waals surface area (Å²) in [4.78, 5) is 18.2. The van der Waals surface area contributed by atoms with Crippen molar-refractivity contribution in [3.8, 4) is 0 Å². The Bertz CT molecular complexity index is 990. The van der Waals surface area contributed by atoms with Crippen molar-refractivity contribution in [1.82, 2.24) is 9.88 Å². The van der Waals surface area contributed by atoms with E-state index in [-0.39, 0.29) is 11.3 Å². The number of esters is 1. The Labute approximate surface area is 177 Å². The zero-order chi connectivity index (χ0) is 21.8. The minimum Gasteiger partial charge on any atom is -0.465 e. The maximum atomic E-state index is 14.6. The molecule has 0 saturated carbocycles. The molecular formula is C23H25BFN3O2. The van der Waals surface area contributed by atoms with Crippen LogP contribution in [0.5, 0.6) is 0 Å². The van der Waals surface area contributed by atoms with Gasteiger partial charge in [0.1, 0.15) is 13.7 Å². The average Bonchev–Trinajstić information content (AvgIpc) is 2.71. The molecule has 0 fully saturated rings. The van der Waals surface area contributed by atoms with Gasteiger partial charge >= 0.3 is 5.97 Å². The first-order valence-corrected chi connectivity index (χ1v) is 9.77. The summed E-state index contributed by atoms with van der Waals surface area (Å²) in [5.74, 6) is -1.11. The number of hydrogen-bond acceptors (Lipinski definition) is 5. The molecule has 0 atom stereocenters. The van der Waals surface area contributed by atoms with Gasteiger partial charge in [-0.3, -0.25) is 9.88 Å². The summed E-state index contributed by atoms with van der Waals surface area (Å²) in [5.41, 5.74) is 11.4. The number of ether oxygens (including phenoxy) is 1. The predicted molar refractivity (Wildman–Crippen MR) is 119 cm³/mol. The summed E-state index contributed by atoms with van der Waals surface area (Å²) in [7, 11) is 7.32. The van der Waals surface area contributed by atoms with Crippen molar-refractivity contribution in [2.75, 3.05) is 32.5 Å². The molecule has 0 amide bonds. The molecule has 0 bridgehead atoms. The minimum atomic E-state index is -0.609. The maximum Gasteiger partial charge on any atom is 0.338 e. The summed E-state index contributed by atoms with van der Waals surface area (Å²) in [6, 6.07) is 4.44. The lowest BCUT2D eigenvalue weighted by atomic mass is 9.89. The lowest BCUT2D eigenvalue weighted by molar-refractivity contribution is 0.0600. The van der Waals surface area contributed by atoms with Crippen molar-refractivity contribution < 1.29 is 13.9 Å². The molecule has 0 unspecified atom stereocenters. The van der Waals surface area contributed by atoms with E-state index in [9.17, 15) is 9.18 Å². The first-order valence-electron chi connectivity index (χ1n) is 9.77. The van der Waals surface area contributed by atoms with Gasteiger partial charge < -0.3 is 10.5 Å². The quantitative estimate of drug-likeness (QED) is 0.471. The Morgan fingerprint density at radius 3 is 2.80 bits per heavy atom. The van der Waals surface area contributed by atoms with Gasteiger partial charge in [0.05, 0.1) is 12.7 Å². The molecule has 2 heterocycles. The lowest BCUT2D eigenvalue weighted by Gasteiger charge is -2.27. The number of methoxy groups -OCH3 is 1. The zero-order valence-electron chi connectivity index (χ0n) is 17.5. The van der Waals surface area contributed by atoms with Gasteiger partial charge in [-0.15, -0.1) is 0 Å². The van der Waals surface area contributed by atoms with Crippen LogP contribution in [0, 0.1) is 12.7 Å². The van der Waals surface area contributed by atoms with Gasteiger partial charge in [0.25, 0.3) is 0 Å². The number of nitrogens with zero attached hydrogens (tertiary/aromatic N) is 2. The number of anilines is 1. The molecule has 5 nitrogen and oxygen atoms in total. The number of aryl methyl sites for hydroxylation is 1.